The lowest BCUT2D eigenvalue weighted by Crippen LogP contribution is -2.20. The normalized spacial score (nSPS) is 20.7. The van der Waals surface area contributed by atoms with Gasteiger partial charge in [-0.25, -0.2) is 0 Å². The number of methoxy groups -OCH3 is 1. The van der Waals surface area contributed by atoms with Gasteiger partial charge >= 0.3 is 0 Å². The summed E-state index contributed by atoms with van der Waals surface area (Å²) in [7, 11) is 1.70. The molecular weight excluding hydrogens is 214 g/mol. The van der Waals surface area contributed by atoms with Crippen molar-refractivity contribution in [1.82, 2.24) is 0 Å². The zero-order valence-electron chi connectivity index (χ0n) is 10.7. The smallest absolute Gasteiger partial charge is 0.119 e. The molecule has 17 heavy (non-hydrogen) atoms. The highest BCUT2D eigenvalue weighted by Gasteiger charge is 2.13. The van der Waals surface area contributed by atoms with Crippen molar-refractivity contribution in [2.24, 2.45) is 0 Å². The van der Waals surface area contributed by atoms with Gasteiger partial charge in [-0.3, -0.25) is 0 Å². The largest absolute Gasteiger partial charge is 0.497 e. The number of benzene rings is 1. The molecular formula is C14H21NO2. The molecule has 0 spiro atoms. The van der Waals surface area contributed by atoms with Crippen molar-refractivity contribution >= 4 is 5.69 Å². The maximum atomic E-state index is 5.47. The monoisotopic (exact) mass is 235 g/mol. The zero-order chi connectivity index (χ0) is 12.1. The fourth-order valence-electron chi connectivity index (χ4n) is 2.19. The molecule has 1 fully saturated rings. The van der Waals surface area contributed by atoms with Crippen LogP contribution in [-0.2, 0) is 4.74 Å². The molecule has 0 amide bonds. The number of hydrogen-bond donors (Lipinski definition) is 1. The van der Waals surface area contributed by atoms with Crippen molar-refractivity contribution in [1.29, 1.82) is 0 Å². The van der Waals surface area contributed by atoms with E-state index in [1.165, 1.54) is 17.7 Å². The van der Waals surface area contributed by atoms with Crippen LogP contribution in [0.15, 0.2) is 18.2 Å². The molecule has 1 saturated heterocycles. The highest BCUT2D eigenvalue weighted by Crippen LogP contribution is 2.23. The number of ether oxygens (including phenoxy) is 2. The molecule has 0 aromatic heterocycles. The van der Waals surface area contributed by atoms with Crippen molar-refractivity contribution in [3.05, 3.63) is 23.8 Å². The van der Waals surface area contributed by atoms with Crippen LogP contribution in [0.2, 0.25) is 0 Å². The fourth-order valence-corrected chi connectivity index (χ4v) is 2.19. The van der Waals surface area contributed by atoms with Gasteiger partial charge < -0.3 is 14.8 Å². The molecule has 1 aliphatic rings. The minimum absolute atomic E-state index is 0.532. The Morgan fingerprint density at radius 2 is 2.18 bits per heavy atom. The SMILES string of the molecule is COc1ccc(NC2CCCOCC2)c(C)c1. The molecule has 1 heterocycles. The Morgan fingerprint density at radius 1 is 1.29 bits per heavy atom. The molecule has 3 nitrogen and oxygen atoms in total. The third-order valence-corrected chi connectivity index (χ3v) is 3.25. The first-order chi connectivity index (χ1) is 8.29. The summed E-state index contributed by atoms with van der Waals surface area (Å²) in [6.07, 6.45) is 3.42. The molecule has 2 rings (SSSR count). The second-order valence-electron chi connectivity index (χ2n) is 4.57. The minimum Gasteiger partial charge on any atom is -0.497 e. The van der Waals surface area contributed by atoms with E-state index in [-0.39, 0.29) is 0 Å². The lowest BCUT2D eigenvalue weighted by Gasteiger charge is -2.19. The van der Waals surface area contributed by atoms with Gasteiger partial charge in [0.1, 0.15) is 5.75 Å². The van der Waals surface area contributed by atoms with Gasteiger partial charge in [-0.1, -0.05) is 0 Å². The van der Waals surface area contributed by atoms with Crippen LogP contribution in [0, 0.1) is 6.92 Å². The van der Waals surface area contributed by atoms with Gasteiger partial charge in [0.25, 0.3) is 0 Å². The van der Waals surface area contributed by atoms with Gasteiger partial charge in [-0.2, -0.15) is 0 Å². The number of nitrogens with one attached hydrogen (secondary N) is 1. The van der Waals surface area contributed by atoms with E-state index in [9.17, 15) is 0 Å². The first-order valence-corrected chi connectivity index (χ1v) is 6.28. The van der Waals surface area contributed by atoms with Gasteiger partial charge in [0.2, 0.25) is 0 Å². The molecule has 94 valence electrons. The quantitative estimate of drug-likeness (QED) is 0.873. The summed E-state index contributed by atoms with van der Waals surface area (Å²) in [6.45, 7) is 3.88. The van der Waals surface area contributed by atoms with Crippen LogP contribution in [0.3, 0.4) is 0 Å². The van der Waals surface area contributed by atoms with Crippen molar-refractivity contribution in [2.75, 3.05) is 25.6 Å². The molecule has 1 atom stereocenters. The second kappa shape index (κ2) is 5.92. The third-order valence-electron chi connectivity index (χ3n) is 3.25. The van der Waals surface area contributed by atoms with Crippen LogP contribution in [0.4, 0.5) is 5.69 Å². The first-order valence-electron chi connectivity index (χ1n) is 6.28. The second-order valence-corrected chi connectivity index (χ2v) is 4.57. The van der Waals surface area contributed by atoms with E-state index in [0.29, 0.717) is 6.04 Å². The summed E-state index contributed by atoms with van der Waals surface area (Å²) in [5.41, 5.74) is 2.44. The van der Waals surface area contributed by atoms with Crippen molar-refractivity contribution < 1.29 is 9.47 Å². The summed E-state index contributed by atoms with van der Waals surface area (Å²) < 4.78 is 10.7. The highest BCUT2D eigenvalue weighted by molar-refractivity contribution is 5.54. The van der Waals surface area contributed by atoms with Gasteiger partial charge in [-0.15, -0.1) is 0 Å². The molecule has 0 bridgehead atoms. The van der Waals surface area contributed by atoms with E-state index in [2.05, 4.69) is 24.4 Å². The molecule has 0 aliphatic carbocycles. The summed E-state index contributed by atoms with van der Waals surface area (Å²) in [4.78, 5) is 0. The third kappa shape index (κ3) is 3.37. The van der Waals surface area contributed by atoms with E-state index in [0.717, 1.165) is 31.8 Å². The zero-order valence-corrected chi connectivity index (χ0v) is 10.7. The first kappa shape index (κ1) is 12.2. The number of rotatable bonds is 3. The molecule has 0 saturated carbocycles. The molecule has 3 heteroatoms. The summed E-state index contributed by atoms with van der Waals surface area (Å²) in [5, 5.41) is 3.60. The predicted molar refractivity (Wildman–Crippen MR) is 69.8 cm³/mol. The molecule has 1 aliphatic heterocycles. The molecule has 1 aromatic carbocycles. The van der Waals surface area contributed by atoms with E-state index < -0.39 is 0 Å². The lowest BCUT2D eigenvalue weighted by molar-refractivity contribution is 0.144. The standard InChI is InChI=1S/C14H21NO2/c1-11-10-13(16-2)5-6-14(11)15-12-4-3-8-17-9-7-12/h5-6,10,12,15H,3-4,7-9H2,1-2H3. The topological polar surface area (TPSA) is 30.5 Å². The van der Waals surface area contributed by atoms with Crippen LogP contribution in [-0.4, -0.2) is 26.4 Å². The molecule has 1 unspecified atom stereocenters. The van der Waals surface area contributed by atoms with Crippen molar-refractivity contribution in [3.63, 3.8) is 0 Å². The van der Waals surface area contributed by atoms with Crippen LogP contribution in [0.5, 0.6) is 5.75 Å². The fraction of sp³-hybridized carbons (Fsp3) is 0.571. The van der Waals surface area contributed by atoms with Crippen LogP contribution < -0.4 is 10.1 Å². The van der Waals surface area contributed by atoms with Gasteiger partial charge in [-0.05, 0) is 49.9 Å². The maximum absolute atomic E-state index is 5.47. The Labute approximate surface area is 103 Å². The average molecular weight is 235 g/mol. The maximum Gasteiger partial charge on any atom is 0.119 e. The van der Waals surface area contributed by atoms with E-state index in [4.69, 9.17) is 9.47 Å². The summed E-state index contributed by atoms with van der Waals surface area (Å²) in [6, 6.07) is 6.70. The Kier molecular flexibility index (Phi) is 4.26. The van der Waals surface area contributed by atoms with Gasteiger partial charge in [0.05, 0.1) is 7.11 Å². The summed E-state index contributed by atoms with van der Waals surface area (Å²) >= 11 is 0. The lowest BCUT2D eigenvalue weighted by atomic mass is 10.1. The van der Waals surface area contributed by atoms with E-state index >= 15 is 0 Å². The van der Waals surface area contributed by atoms with Crippen LogP contribution in [0.1, 0.15) is 24.8 Å². The number of aryl methyl sites for hydroxylation is 1. The Bertz CT molecular complexity index is 357. The average Bonchev–Trinajstić information content (AvgIpc) is 2.60. The number of hydrogen-bond acceptors (Lipinski definition) is 3. The molecule has 0 radical (unpaired) electrons. The Hall–Kier alpha value is -1.22. The Balaban J connectivity index is 2.01. The minimum atomic E-state index is 0.532. The van der Waals surface area contributed by atoms with Crippen LogP contribution >= 0.6 is 0 Å². The highest BCUT2D eigenvalue weighted by atomic mass is 16.5. The summed E-state index contributed by atoms with van der Waals surface area (Å²) in [5.74, 6) is 0.914. The molecule has 1 N–H and O–H groups in total. The van der Waals surface area contributed by atoms with Gasteiger partial charge in [0.15, 0.2) is 0 Å². The van der Waals surface area contributed by atoms with Gasteiger partial charge in [0, 0.05) is 24.9 Å². The number of anilines is 1. The van der Waals surface area contributed by atoms with Crippen LogP contribution in [0.25, 0.3) is 0 Å². The van der Waals surface area contributed by atoms with E-state index in [1.807, 2.05) is 6.07 Å². The van der Waals surface area contributed by atoms with Crippen molar-refractivity contribution in [2.45, 2.75) is 32.2 Å². The molecule has 1 aromatic rings. The Morgan fingerprint density at radius 3 is 2.94 bits per heavy atom. The van der Waals surface area contributed by atoms with Crippen molar-refractivity contribution in [3.8, 4) is 5.75 Å². The van der Waals surface area contributed by atoms with E-state index in [1.54, 1.807) is 7.11 Å². The predicted octanol–water partition coefficient (Wildman–Crippen LogP) is 2.98.